The van der Waals surface area contributed by atoms with Crippen LogP contribution in [0.2, 0.25) is 0 Å². The first-order chi connectivity index (χ1) is 14.1. The summed E-state index contributed by atoms with van der Waals surface area (Å²) < 4.78 is 11.9. The Kier molecular flexibility index (Phi) is 21.6. The Bertz CT molecular complexity index is 372. The van der Waals surface area contributed by atoms with Crippen molar-refractivity contribution < 1.29 is 19.7 Å². The third-order valence-corrected chi connectivity index (χ3v) is 5.12. The van der Waals surface area contributed by atoms with Crippen molar-refractivity contribution in [3.05, 3.63) is 0 Å². The second kappa shape index (κ2) is 22.1. The lowest BCUT2D eigenvalue weighted by Crippen LogP contribution is -2.26. The highest BCUT2D eigenvalue weighted by atomic mass is 16.7. The van der Waals surface area contributed by atoms with Crippen LogP contribution in [-0.4, -0.2) is 41.9 Å². The third kappa shape index (κ3) is 20.5. The van der Waals surface area contributed by atoms with Crippen molar-refractivity contribution in [3.63, 3.8) is 0 Å². The Labute approximate surface area is 180 Å². The first kappa shape index (κ1) is 28.4. The lowest BCUT2D eigenvalue weighted by atomic mass is 10.1. The highest BCUT2D eigenvalue weighted by molar-refractivity contribution is 5.02. The molecule has 0 aliphatic rings. The number of ether oxygens (including phenoxy) is 2. The molecule has 0 aliphatic heterocycles. The van der Waals surface area contributed by atoms with Gasteiger partial charge in [0.05, 0.1) is 12.2 Å². The van der Waals surface area contributed by atoms with Crippen LogP contribution in [0.5, 0.6) is 0 Å². The molecule has 0 aliphatic carbocycles. The number of hydrogen-bond acceptors (Lipinski definition) is 4. The third-order valence-electron chi connectivity index (χ3n) is 5.12. The van der Waals surface area contributed by atoms with Crippen LogP contribution in [0, 0.1) is 11.8 Å². The van der Waals surface area contributed by atoms with Crippen LogP contribution < -0.4 is 0 Å². The van der Waals surface area contributed by atoms with Crippen molar-refractivity contribution in [1.82, 2.24) is 0 Å². The lowest BCUT2D eigenvalue weighted by Gasteiger charge is -2.22. The van der Waals surface area contributed by atoms with Crippen molar-refractivity contribution in [2.75, 3.05) is 13.2 Å². The van der Waals surface area contributed by atoms with Crippen molar-refractivity contribution >= 4 is 0 Å². The van der Waals surface area contributed by atoms with Crippen LogP contribution in [0.4, 0.5) is 0 Å². The maximum absolute atomic E-state index is 8.98. The summed E-state index contributed by atoms with van der Waals surface area (Å²) in [6.45, 7) is 6.61. The number of hydrogen-bond donors (Lipinski definition) is 2. The van der Waals surface area contributed by atoms with Crippen LogP contribution >= 0.6 is 0 Å². The second-order valence-corrected chi connectivity index (χ2v) is 8.21. The Hall–Kier alpha value is -0.600. The van der Waals surface area contributed by atoms with E-state index in [2.05, 4.69) is 18.8 Å². The van der Waals surface area contributed by atoms with Crippen molar-refractivity contribution in [2.24, 2.45) is 0 Å². The Balaban J connectivity index is 4.05. The van der Waals surface area contributed by atoms with Crippen LogP contribution in [0.15, 0.2) is 0 Å². The molecule has 0 heterocycles. The van der Waals surface area contributed by atoms with Gasteiger partial charge in [-0.1, -0.05) is 70.6 Å². The van der Waals surface area contributed by atoms with Gasteiger partial charge in [0.15, 0.2) is 0 Å². The molecule has 0 radical (unpaired) electrons. The smallest absolute Gasteiger partial charge is 0.222 e. The first-order valence-corrected chi connectivity index (χ1v) is 12.1. The predicted octanol–water partition coefficient (Wildman–Crippen LogP) is 5.98. The quantitative estimate of drug-likeness (QED) is 0.147. The molecule has 2 N–H and O–H groups in total. The molecule has 0 saturated carbocycles. The van der Waals surface area contributed by atoms with Gasteiger partial charge in [0, 0.05) is 19.6 Å². The summed E-state index contributed by atoms with van der Waals surface area (Å²) >= 11 is 0. The van der Waals surface area contributed by atoms with Gasteiger partial charge in [0.1, 0.15) is 0 Å². The normalized spacial score (nSPS) is 14.2. The summed E-state index contributed by atoms with van der Waals surface area (Å²) in [6.07, 6.45) is 16.7. The fraction of sp³-hybridized carbons (Fsp3) is 0.920. The zero-order valence-electron chi connectivity index (χ0n) is 19.5. The zero-order chi connectivity index (χ0) is 21.6. The maximum Gasteiger partial charge on any atom is 0.222 e. The largest absolute Gasteiger partial charge is 0.396 e. The molecule has 0 bridgehead atoms. The standard InChI is InChI=1S/C25H48O4/c1-4-5-6-7-8-9-10-11-12-13-14-15-20-25(28-23(2)18-16-21-26)29-24(3)19-17-22-27/h23-27H,4-14,16-19,21-22H2,1-3H3. The first-order valence-electron chi connectivity index (χ1n) is 12.1. The number of aliphatic hydroxyl groups is 2. The molecule has 0 aromatic rings. The summed E-state index contributed by atoms with van der Waals surface area (Å²) in [4.78, 5) is 0. The fourth-order valence-electron chi connectivity index (χ4n) is 3.27. The van der Waals surface area contributed by atoms with Crippen LogP contribution in [0.25, 0.3) is 0 Å². The lowest BCUT2D eigenvalue weighted by molar-refractivity contribution is -0.158. The van der Waals surface area contributed by atoms with Gasteiger partial charge in [0.2, 0.25) is 6.29 Å². The molecule has 172 valence electrons. The molecule has 0 rings (SSSR count). The Morgan fingerprint density at radius 2 is 1.10 bits per heavy atom. The topological polar surface area (TPSA) is 58.9 Å². The summed E-state index contributed by atoms with van der Waals surface area (Å²) in [6, 6.07) is 0. The Morgan fingerprint density at radius 1 is 0.655 bits per heavy atom. The van der Waals surface area contributed by atoms with E-state index in [1.54, 1.807) is 0 Å². The van der Waals surface area contributed by atoms with Crippen molar-refractivity contribution in [3.8, 4) is 11.8 Å². The average Bonchev–Trinajstić information content (AvgIpc) is 2.71. The number of unbranched alkanes of at least 4 members (excludes halogenated alkanes) is 10. The van der Waals surface area contributed by atoms with Gasteiger partial charge in [0.25, 0.3) is 0 Å². The van der Waals surface area contributed by atoms with Crippen molar-refractivity contribution in [2.45, 2.75) is 136 Å². The predicted molar refractivity (Wildman–Crippen MR) is 122 cm³/mol. The molecule has 0 fully saturated rings. The Morgan fingerprint density at radius 3 is 1.55 bits per heavy atom. The summed E-state index contributed by atoms with van der Waals surface area (Å²) in [5, 5.41) is 18.0. The van der Waals surface area contributed by atoms with E-state index in [9.17, 15) is 0 Å². The van der Waals surface area contributed by atoms with Gasteiger partial charge in [-0.15, -0.1) is 0 Å². The molecule has 0 spiro atoms. The minimum absolute atomic E-state index is 0.00354. The highest BCUT2D eigenvalue weighted by Crippen LogP contribution is 2.12. The molecule has 0 saturated heterocycles. The highest BCUT2D eigenvalue weighted by Gasteiger charge is 2.14. The number of rotatable bonds is 20. The van der Waals surface area contributed by atoms with Gasteiger partial charge >= 0.3 is 0 Å². The van der Waals surface area contributed by atoms with E-state index in [-0.39, 0.29) is 25.4 Å². The van der Waals surface area contributed by atoms with Crippen molar-refractivity contribution in [1.29, 1.82) is 0 Å². The molecule has 2 unspecified atom stereocenters. The monoisotopic (exact) mass is 412 g/mol. The van der Waals surface area contributed by atoms with E-state index in [0.717, 1.165) is 38.5 Å². The molecular formula is C25H48O4. The van der Waals surface area contributed by atoms with E-state index in [1.165, 1.54) is 57.8 Å². The van der Waals surface area contributed by atoms with E-state index < -0.39 is 6.29 Å². The molecule has 2 atom stereocenters. The van der Waals surface area contributed by atoms with Gasteiger partial charge in [-0.2, -0.15) is 0 Å². The van der Waals surface area contributed by atoms with Gasteiger partial charge in [-0.25, -0.2) is 0 Å². The summed E-state index contributed by atoms with van der Waals surface area (Å²) in [5.74, 6) is 6.38. The van der Waals surface area contributed by atoms with E-state index in [1.807, 2.05) is 13.8 Å². The average molecular weight is 413 g/mol. The molecule has 0 aromatic carbocycles. The second-order valence-electron chi connectivity index (χ2n) is 8.21. The van der Waals surface area contributed by atoms with Crippen LogP contribution in [0.3, 0.4) is 0 Å². The van der Waals surface area contributed by atoms with Gasteiger partial charge in [-0.05, 0) is 51.9 Å². The molecular weight excluding hydrogens is 364 g/mol. The maximum atomic E-state index is 8.98. The zero-order valence-corrected chi connectivity index (χ0v) is 19.5. The van der Waals surface area contributed by atoms with E-state index >= 15 is 0 Å². The van der Waals surface area contributed by atoms with Crippen LogP contribution in [-0.2, 0) is 9.47 Å². The molecule has 0 amide bonds. The van der Waals surface area contributed by atoms with E-state index in [0.29, 0.717) is 0 Å². The minimum atomic E-state index is -0.527. The SMILES string of the molecule is CCCCCCCCCCCCC#CC(OC(C)CCCO)OC(C)CCCO. The summed E-state index contributed by atoms with van der Waals surface area (Å²) in [5.41, 5.74) is 0. The van der Waals surface area contributed by atoms with Gasteiger partial charge < -0.3 is 19.7 Å². The molecule has 0 aromatic heterocycles. The molecule has 4 nitrogen and oxygen atoms in total. The summed E-state index contributed by atoms with van der Waals surface area (Å²) in [7, 11) is 0. The molecule has 4 heteroatoms. The molecule has 29 heavy (non-hydrogen) atoms. The van der Waals surface area contributed by atoms with Gasteiger partial charge in [-0.3, -0.25) is 0 Å². The van der Waals surface area contributed by atoms with E-state index in [4.69, 9.17) is 19.7 Å². The number of aliphatic hydroxyl groups excluding tert-OH is 2. The minimum Gasteiger partial charge on any atom is -0.396 e. The van der Waals surface area contributed by atoms with Crippen LogP contribution in [0.1, 0.15) is 117 Å². The fourth-order valence-corrected chi connectivity index (χ4v) is 3.27.